The second kappa shape index (κ2) is 8.90. The van der Waals surface area contributed by atoms with E-state index >= 15 is 0 Å². The molecule has 1 aromatic rings. The summed E-state index contributed by atoms with van der Waals surface area (Å²) in [5, 5.41) is 0. The fourth-order valence-electron chi connectivity index (χ4n) is 2.30. The summed E-state index contributed by atoms with van der Waals surface area (Å²) in [7, 11) is 0. The molecule has 0 aromatic carbocycles. The maximum atomic E-state index is 10.7. The van der Waals surface area contributed by atoms with Crippen molar-refractivity contribution in [3.8, 4) is 0 Å². The van der Waals surface area contributed by atoms with Crippen molar-refractivity contribution in [3.63, 3.8) is 0 Å². The molecular formula is C15H26N2O. The van der Waals surface area contributed by atoms with Crippen LogP contribution in [0.5, 0.6) is 0 Å². The van der Waals surface area contributed by atoms with E-state index in [1.807, 2.05) is 12.5 Å². The zero-order valence-electron chi connectivity index (χ0n) is 11.8. The molecule has 0 aliphatic rings. The second-order valence-corrected chi connectivity index (χ2v) is 5.01. The van der Waals surface area contributed by atoms with Crippen molar-refractivity contribution >= 4 is 6.29 Å². The number of rotatable bonds is 10. The predicted molar refractivity (Wildman–Crippen MR) is 74.9 cm³/mol. The van der Waals surface area contributed by atoms with Crippen molar-refractivity contribution in [2.24, 2.45) is 0 Å². The second-order valence-electron chi connectivity index (χ2n) is 5.01. The third-order valence-electron chi connectivity index (χ3n) is 3.45. The van der Waals surface area contributed by atoms with Gasteiger partial charge in [-0.3, -0.25) is 4.79 Å². The lowest BCUT2D eigenvalue weighted by Gasteiger charge is -2.18. The number of nitrogens with zero attached hydrogens (tertiary/aromatic N) is 2. The van der Waals surface area contributed by atoms with Gasteiger partial charge in [0.25, 0.3) is 0 Å². The van der Waals surface area contributed by atoms with Crippen molar-refractivity contribution in [1.82, 2.24) is 9.55 Å². The first-order chi connectivity index (χ1) is 8.81. The molecule has 1 rings (SSSR count). The van der Waals surface area contributed by atoms with Gasteiger partial charge in [0.1, 0.15) is 5.69 Å². The van der Waals surface area contributed by atoms with Crippen LogP contribution >= 0.6 is 0 Å². The Kier molecular flexibility index (Phi) is 7.38. The van der Waals surface area contributed by atoms with E-state index in [2.05, 4.69) is 23.4 Å². The Labute approximate surface area is 111 Å². The molecule has 0 radical (unpaired) electrons. The summed E-state index contributed by atoms with van der Waals surface area (Å²) in [6, 6.07) is 0.517. The first-order valence-electron chi connectivity index (χ1n) is 7.30. The summed E-state index contributed by atoms with van der Waals surface area (Å²) in [5.41, 5.74) is 0.546. The molecular weight excluding hydrogens is 224 g/mol. The van der Waals surface area contributed by atoms with Crippen molar-refractivity contribution in [2.75, 3.05) is 0 Å². The number of hydrogen-bond donors (Lipinski definition) is 0. The fourth-order valence-corrected chi connectivity index (χ4v) is 2.30. The number of carbonyl (C=O) groups excluding carboxylic acids is 1. The Hall–Kier alpha value is -1.12. The van der Waals surface area contributed by atoms with Gasteiger partial charge in [-0.05, 0) is 12.8 Å². The van der Waals surface area contributed by atoms with Gasteiger partial charge in [-0.25, -0.2) is 4.98 Å². The van der Waals surface area contributed by atoms with Crippen LogP contribution in [0, 0.1) is 0 Å². The van der Waals surface area contributed by atoms with E-state index in [0.717, 1.165) is 6.29 Å². The van der Waals surface area contributed by atoms with Crippen LogP contribution in [0.25, 0.3) is 0 Å². The molecule has 0 spiro atoms. The van der Waals surface area contributed by atoms with E-state index in [1.54, 1.807) is 0 Å². The van der Waals surface area contributed by atoms with E-state index in [1.165, 1.54) is 51.4 Å². The Bertz CT molecular complexity index is 333. The third kappa shape index (κ3) is 5.03. The quantitative estimate of drug-likeness (QED) is 0.456. The SMILES string of the molecule is CCCCCCC(CCCC)n1cnc(C=O)c1. The minimum atomic E-state index is 0.517. The molecule has 1 heterocycles. The van der Waals surface area contributed by atoms with Crippen LogP contribution in [-0.2, 0) is 0 Å². The molecule has 102 valence electrons. The lowest BCUT2D eigenvalue weighted by atomic mass is 10.0. The summed E-state index contributed by atoms with van der Waals surface area (Å²) in [6.45, 7) is 4.46. The van der Waals surface area contributed by atoms with Gasteiger partial charge < -0.3 is 4.57 Å². The Balaban J connectivity index is 2.50. The highest BCUT2D eigenvalue weighted by Gasteiger charge is 2.11. The van der Waals surface area contributed by atoms with E-state index in [4.69, 9.17) is 0 Å². The zero-order chi connectivity index (χ0) is 13.2. The summed E-state index contributed by atoms with van der Waals surface area (Å²) in [5.74, 6) is 0. The summed E-state index contributed by atoms with van der Waals surface area (Å²) in [6.07, 6.45) is 14.6. The molecule has 0 aliphatic heterocycles. The predicted octanol–water partition coefficient (Wildman–Crippen LogP) is 4.40. The minimum Gasteiger partial charge on any atom is -0.334 e. The number of unbranched alkanes of at least 4 members (excludes halogenated alkanes) is 4. The molecule has 0 fully saturated rings. The number of aromatic nitrogens is 2. The molecule has 3 nitrogen and oxygen atoms in total. The monoisotopic (exact) mass is 250 g/mol. The van der Waals surface area contributed by atoms with E-state index < -0.39 is 0 Å². The Morgan fingerprint density at radius 3 is 2.50 bits per heavy atom. The molecule has 1 aromatic heterocycles. The van der Waals surface area contributed by atoms with Crippen LogP contribution in [0.3, 0.4) is 0 Å². The molecule has 0 amide bonds. The Morgan fingerprint density at radius 2 is 1.89 bits per heavy atom. The molecule has 0 bridgehead atoms. The van der Waals surface area contributed by atoms with Gasteiger partial charge in [0.05, 0.1) is 6.33 Å². The van der Waals surface area contributed by atoms with Gasteiger partial charge >= 0.3 is 0 Å². The molecule has 1 atom stereocenters. The van der Waals surface area contributed by atoms with Crippen molar-refractivity contribution in [2.45, 2.75) is 71.3 Å². The van der Waals surface area contributed by atoms with Gasteiger partial charge in [-0.2, -0.15) is 0 Å². The van der Waals surface area contributed by atoms with Gasteiger partial charge in [0.15, 0.2) is 6.29 Å². The average molecular weight is 250 g/mol. The molecule has 0 aliphatic carbocycles. The highest BCUT2D eigenvalue weighted by atomic mass is 16.1. The normalized spacial score (nSPS) is 12.6. The van der Waals surface area contributed by atoms with Crippen LogP contribution in [0.4, 0.5) is 0 Å². The third-order valence-corrected chi connectivity index (χ3v) is 3.45. The maximum absolute atomic E-state index is 10.7. The van der Waals surface area contributed by atoms with E-state index in [-0.39, 0.29) is 0 Å². The summed E-state index contributed by atoms with van der Waals surface area (Å²) in [4.78, 5) is 14.8. The van der Waals surface area contributed by atoms with Gasteiger partial charge in [0, 0.05) is 12.2 Å². The molecule has 18 heavy (non-hydrogen) atoms. The largest absolute Gasteiger partial charge is 0.334 e. The molecule has 0 saturated heterocycles. The van der Waals surface area contributed by atoms with Crippen molar-refractivity contribution < 1.29 is 4.79 Å². The number of hydrogen-bond acceptors (Lipinski definition) is 2. The zero-order valence-corrected chi connectivity index (χ0v) is 11.8. The first-order valence-corrected chi connectivity index (χ1v) is 7.30. The van der Waals surface area contributed by atoms with Crippen molar-refractivity contribution in [1.29, 1.82) is 0 Å². The highest BCUT2D eigenvalue weighted by molar-refractivity contribution is 5.70. The van der Waals surface area contributed by atoms with Crippen molar-refractivity contribution in [3.05, 3.63) is 18.2 Å². The van der Waals surface area contributed by atoms with Gasteiger partial charge in [-0.15, -0.1) is 0 Å². The van der Waals surface area contributed by atoms with Crippen LogP contribution in [0.2, 0.25) is 0 Å². The molecule has 3 heteroatoms. The standard InChI is InChI=1S/C15H26N2O/c1-3-5-7-8-10-15(9-6-4-2)17-11-14(12-18)16-13-17/h11-13,15H,3-10H2,1-2H3. The fraction of sp³-hybridized carbons (Fsp3) is 0.733. The first kappa shape index (κ1) is 14.9. The van der Waals surface area contributed by atoms with E-state index in [0.29, 0.717) is 11.7 Å². The minimum absolute atomic E-state index is 0.517. The number of imidazole rings is 1. The lowest BCUT2D eigenvalue weighted by molar-refractivity contribution is 0.111. The summed E-state index contributed by atoms with van der Waals surface area (Å²) < 4.78 is 2.13. The van der Waals surface area contributed by atoms with Crippen LogP contribution in [0.1, 0.15) is 81.7 Å². The lowest BCUT2D eigenvalue weighted by Crippen LogP contribution is -2.07. The van der Waals surface area contributed by atoms with Gasteiger partial charge in [-0.1, -0.05) is 52.4 Å². The molecule has 0 saturated carbocycles. The smallest absolute Gasteiger partial charge is 0.169 e. The number of carbonyl (C=O) groups is 1. The average Bonchev–Trinajstić information content (AvgIpc) is 2.86. The maximum Gasteiger partial charge on any atom is 0.169 e. The van der Waals surface area contributed by atoms with E-state index in [9.17, 15) is 4.79 Å². The Morgan fingerprint density at radius 1 is 1.17 bits per heavy atom. The molecule has 0 N–H and O–H groups in total. The van der Waals surface area contributed by atoms with Crippen LogP contribution < -0.4 is 0 Å². The topological polar surface area (TPSA) is 34.9 Å². The summed E-state index contributed by atoms with van der Waals surface area (Å²) >= 11 is 0. The van der Waals surface area contributed by atoms with Gasteiger partial charge in [0.2, 0.25) is 0 Å². The molecule has 1 unspecified atom stereocenters. The highest BCUT2D eigenvalue weighted by Crippen LogP contribution is 2.22. The van der Waals surface area contributed by atoms with Crippen LogP contribution in [-0.4, -0.2) is 15.8 Å². The van der Waals surface area contributed by atoms with Crippen LogP contribution in [0.15, 0.2) is 12.5 Å². The number of aldehydes is 1.